The van der Waals surface area contributed by atoms with Crippen LogP contribution < -0.4 is 5.73 Å². The van der Waals surface area contributed by atoms with Crippen LogP contribution in [0.25, 0.3) is 0 Å². The molecule has 72 valence electrons. The topological polar surface area (TPSA) is 29.3 Å². The molecule has 1 aliphatic rings. The first kappa shape index (κ1) is 10.0. The average molecular weight is 170 g/mol. The van der Waals surface area contributed by atoms with E-state index in [1.807, 2.05) is 0 Å². The molecular formula is C10H22N2. The van der Waals surface area contributed by atoms with Gasteiger partial charge in [-0.15, -0.1) is 0 Å². The molecule has 1 rings (SSSR count). The Morgan fingerprint density at radius 1 is 1.33 bits per heavy atom. The molecule has 0 amide bonds. The Kier molecular flexibility index (Phi) is 3.53. The number of hydrogen-bond acceptors (Lipinski definition) is 2. The summed E-state index contributed by atoms with van der Waals surface area (Å²) in [6.07, 6.45) is 4.46. The smallest absolute Gasteiger partial charge is 0.0545 e. The molecule has 0 aromatic heterocycles. The largest absolute Gasteiger partial charge is 0.316 e. The summed E-state index contributed by atoms with van der Waals surface area (Å²) in [6, 6.07) is 0.589. The van der Waals surface area contributed by atoms with Gasteiger partial charge in [0.05, 0.1) is 6.17 Å². The van der Waals surface area contributed by atoms with Crippen LogP contribution in [-0.4, -0.2) is 23.7 Å². The third-order valence-corrected chi connectivity index (χ3v) is 2.88. The average Bonchev–Trinajstić information content (AvgIpc) is 1.82. The predicted molar refractivity (Wildman–Crippen MR) is 52.8 cm³/mol. The highest BCUT2D eigenvalue weighted by Gasteiger charge is 2.23. The second kappa shape index (κ2) is 4.24. The van der Waals surface area contributed by atoms with E-state index in [4.69, 9.17) is 5.73 Å². The minimum absolute atomic E-state index is 0.214. The van der Waals surface area contributed by atoms with Gasteiger partial charge in [0.25, 0.3) is 0 Å². The molecule has 1 fully saturated rings. The molecule has 1 unspecified atom stereocenters. The summed E-state index contributed by atoms with van der Waals surface area (Å²) >= 11 is 0. The van der Waals surface area contributed by atoms with E-state index in [1.54, 1.807) is 0 Å². The van der Waals surface area contributed by atoms with Crippen molar-refractivity contribution in [2.75, 3.05) is 6.54 Å². The van der Waals surface area contributed by atoms with Crippen LogP contribution in [0.15, 0.2) is 0 Å². The van der Waals surface area contributed by atoms with Gasteiger partial charge >= 0.3 is 0 Å². The minimum atomic E-state index is 0.214. The SMILES string of the molecule is CC(C)N(CC1CCC1)C(C)N. The van der Waals surface area contributed by atoms with Crippen molar-refractivity contribution >= 4 is 0 Å². The molecule has 0 radical (unpaired) electrons. The lowest BCUT2D eigenvalue weighted by Crippen LogP contribution is -2.47. The highest BCUT2D eigenvalue weighted by atomic mass is 15.2. The van der Waals surface area contributed by atoms with Gasteiger partial charge in [-0.05, 0) is 39.5 Å². The number of nitrogens with zero attached hydrogens (tertiary/aromatic N) is 1. The fourth-order valence-electron chi connectivity index (χ4n) is 1.82. The summed E-state index contributed by atoms with van der Waals surface area (Å²) in [7, 11) is 0. The van der Waals surface area contributed by atoms with Gasteiger partial charge < -0.3 is 5.73 Å². The maximum absolute atomic E-state index is 5.89. The van der Waals surface area contributed by atoms with E-state index in [1.165, 1.54) is 25.8 Å². The molecule has 0 aromatic carbocycles. The summed E-state index contributed by atoms with van der Waals surface area (Å²) in [4.78, 5) is 2.39. The van der Waals surface area contributed by atoms with Gasteiger partial charge in [0, 0.05) is 12.6 Å². The summed E-state index contributed by atoms with van der Waals surface area (Å²) in [5.74, 6) is 0.929. The summed E-state index contributed by atoms with van der Waals surface area (Å²) in [5, 5.41) is 0. The van der Waals surface area contributed by atoms with Gasteiger partial charge in [-0.1, -0.05) is 6.42 Å². The molecule has 1 aliphatic carbocycles. The van der Waals surface area contributed by atoms with Gasteiger partial charge in [0.15, 0.2) is 0 Å². The Balaban J connectivity index is 2.31. The molecule has 0 bridgehead atoms. The van der Waals surface area contributed by atoms with Crippen molar-refractivity contribution in [3.05, 3.63) is 0 Å². The Bertz CT molecular complexity index is 120. The fraction of sp³-hybridized carbons (Fsp3) is 1.00. The van der Waals surface area contributed by atoms with Gasteiger partial charge in [-0.25, -0.2) is 0 Å². The first-order valence-electron chi connectivity index (χ1n) is 5.12. The first-order chi connectivity index (χ1) is 5.61. The van der Waals surface area contributed by atoms with E-state index in [-0.39, 0.29) is 6.17 Å². The molecule has 0 spiro atoms. The maximum atomic E-state index is 5.89. The van der Waals surface area contributed by atoms with Gasteiger partial charge in [-0.2, -0.15) is 0 Å². The maximum Gasteiger partial charge on any atom is 0.0545 e. The van der Waals surface area contributed by atoms with Crippen molar-refractivity contribution in [3.63, 3.8) is 0 Å². The van der Waals surface area contributed by atoms with Crippen molar-refractivity contribution in [2.45, 2.75) is 52.2 Å². The molecule has 0 saturated heterocycles. The van der Waals surface area contributed by atoms with Crippen LogP contribution in [0, 0.1) is 5.92 Å². The molecule has 0 heterocycles. The van der Waals surface area contributed by atoms with Crippen LogP contribution in [0.4, 0.5) is 0 Å². The van der Waals surface area contributed by atoms with Gasteiger partial charge in [0.2, 0.25) is 0 Å². The van der Waals surface area contributed by atoms with E-state index >= 15 is 0 Å². The molecule has 12 heavy (non-hydrogen) atoms. The molecule has 1 atom stereocenters. The standard InChI is InChI=1S/C10H22N2/c1-8(2)12(9(3)11)7-10-5-4-6-10/h8-10H,4-7,11H2,1-3H3. The number of rotatable bonds is 4. The summed E-state index contributed by atoms with van der Waals surface area (Å²) in [5.41, 5.74) is 5.89. The summed E-state index contributed by atoms with van der Waals surface area (Å²) < 4.78 is 0. The Morgan fingerprint density at radius 3 is 2.17 bits per heavy atom. The number of nitrogens with two attached hydrogens (primary N) is 1. The zero-order chi connectivity index (χ0) is 9.14. The van der Waals surface area contributed by atoms with Crippen molar-refractivity contribution < 1.29 is 0 Å². The highest BCUT2D eigenvalue weighted by Crippen LogP contribution is 2.27. The second-order valence-corrected chi connectivity index (χ2v) is 4.33. The van der Waals surface area contributed by atoms with Gasteiger partial charge in [0.1, 0.15) is 0 Å². The van der Waals surface area contributed by atoms with Crippen LogP contribution in [0.5, 0.6) is 0 Å². The van der Waals surface area contributed by atoms with Crippen LogP contribution >= 0.6 is 0 Å². The normalized spacial score (nSPS) is 21.5. The van der Waals surface area contributed by atoms with Crippen molar-refractivity contribution in [3.8, 4) is 0 Å². The van der Waals surface area contributed by atoms with E-state index in [0.717, 1.165) is 5.92 Å². The predicted octanol–water partition coefficient (Wildman–Crippen LogP) is 1.80. The lowest BCUT2D eigenvalue weighted by atomic mass is 9.85. The first-order valence-corrected chi connectivity index (χ1v) is 5.12. The van der Waals surface area contributed by atoms with E-state index in [0.29, 0.717) is 6.04 Å². The van der Waals surface area contributed by atoms with Gasteiger partial charge in [-0.3, -0.25) is 4.90 Å². The quantitative estimate of drug-likeness (QED) is 0.652. The van der Waals surface area contributed by atoms with E-state index in [2.05, 4.69) is 25.7 Å². The third kappa shape index (κ3) is 2.46. The Morgan fingerprint density at radius 2 is 1.92 bits per heavy atom. The van der Waals surface area contributed by atoms with Crippen molar-refractivity contribution in [1.82, 2.24) is 4.90 Å². The monoisotopic (exact) mass is 170 g/mol. The Hall–Kier alpha value is -0.0800. The van der Waals surface area contributed by atoms with E-state index in [9.17, 15) is 0 Å². The fourth-order valence-corrected chi connectivity index (χ4v) is 1.82. The lowest BCUT2D eigenvalue weighted by Gasteiger charge is -2.37. The molecule has 2 N–H and O–H groups in total. The molecular weight excluding hydrogens is 148 g/mol. The third-order valence-electron chi connectivity index (χ3n) is 2.88. The van der Waals surface area contributed by atoms with Crippen molar-refractivity contribution in [2.24, 2.45) is 11.7 Å². The zero-order valence-corrected chi connectivity index (χ0v) is 8.59. The van der Waals surface area contributed by atoms with E-state index < -0.39 is 0 Å². The molecule has 0 aliphatic heterocycles. The summed E-state index contributed by atoms with van der Waals surface area (Å²) in [6.45, 7) is 7.73. The molecule has 0 aromatic rings. The van der Waals surface area contributed by atoms with Crippen molar-refractivity contribution in [1.29, 1.82) is 0 Å². The minimum Gasteiger partial charge on any atom is -0.316 e. The van der Waals surface area contributed by atoms with Crippen LogP contribution in [-0.2, 0) is 0 Å². The number of hydrogen-bond donors (Lipinski definition) is 1. The van der Waals surface area contributed by atoms with Crippen LogP contribution in [0.1, 0.15) is 40.0 Å². The van der Waals surface area contributed by atoms with Crippen LogP contribution in [0.3, 0.4) is 0 Å². The second-order valence-electron chi connectivity index (χ2n) is 4.33. The lowest BCUT2D eigenvalue weighted by molar-refractivity contribution is 0.111. The molecule has 2 nitrogen and oxygen atoms in total. The van der Waals surface area contributed by atoms with Crippen LogP contribution in [0.2, 0.25) is 0 Å². The zero-order valence-electron chi connectivity index (χ0n) is 8.59. The molecule has 1 saturated carbocycles. The molecule has 2 heteroatoms. The highest BCUT2D eigenvalue weighted by molar-refractivity contribution is 4.76. The Labute approximate surface area is 76.1 Å².